The van der Waals surface area contributed by atoms with Crippen LogP contribution in [0.2, 0.25) is 0 Å². The maximum absolute atomic E-state index is 12.7. The van der Waals surface area contributed by atoms with E-state index in [0.717, 1.165) is 15.6 Å². The number of nitrogens with zero attached hydrogens (tertiary/aromatic N) is 3. The molecule has 0 aliphatic heterocycles. The Balaban J connectivity index is 1.93. The zero-order valence-corrected chi connectivity index (χ0v) is 14.9. The summed E-state index contributed by atoms with van der Waals surface area (Å²) < 4.78 is 2.78. The molecule has 4 nitrogen and oxygen atoms in total. The third kappa shape index (κ3) is 3.74. The second kappa shape index (κ2) is 7.45. The molecule has 122 valence electrons. The lowest BCUT2D eigenvalue weighted by Crippen LogP contribution is -2.34. The second-order valence-electron chi connectivity index (χ2n) is 5.61. The Morgan fingerprint density at radius 3 is 2.58 bits per heavy atom. The molecule has 1 atom stereocenters. The van der Waals surface area contributed by atoms with E-state index in [2.05, 4.69) is 27.0 Å². The fourth-order valence-corrected chi connectivity index (χ4v) is 3.16. The quantitative estimate of drug-likeness (QED) is 0.670. The van der Waals surface area contributed by atoms with Crippen LogP contribution in [0.4, 0.5) is 0 Å². The molecule has 2 aromatic carbocycles. The molecular weight excluding hydrogens is 366 g/mol. The van der Waals surface area contributed by atoms with Gasteiger partial charge in [0.15, 0.2) is 0 Å². The molecular formula is C19H18BrN3O. The van der Waals surface area contributed by atoms with Gasteiger partial charge in [-0.15, -0.1) is 0 Å². The minimum atomic E-state index is -0.139. The molecule has 0 saturated carbocycles. The molecule has 1 amide bonds. The average Bonchev–Trinajstić information content (AvgIpc) is 3.09. The van der Waals surface area contributed by atoms with Gasteiger partial charge in [0.2, 0.25) is 5.91 Å². The van der Waals surface area contributed by atoms with Crippen LogP contribution >= 0.6 is 15.9 Å². The molecule has 0 bridgehead atoms. The number of hydrogen-bond donors (Lipinski definition) is 0. The first-order valence-corrected chi connectivity index (χ1v) is 8.46. The number of likely N-dealkylation sites (N-methyl/N-ethyl adjacent to an activating group) is 1. The number of hydrogen-bond acceptors (Lipinski definition) is 2. The molecule has 0 fully saturated rings. The number of benzene rings is 2. The average molecular weight is 384 g/mol. The molecule has 5 heteroatoms. The summed E-state index contributed by atoms with van der Waals surface area (Å²) in [4.78, 5) is 18.5. The molecule has 1 aromatic heterocycles. The molecule has 1 heterocycles. The molecule has 0 saturated heterocycles. The molecule has 0 aliphatic rings. The van der Waals surface area contributed by atoms with E-state index >= 15 is 0 Å². The predicted molar refractivity (Wildman–Crippen MR) is 97.4 cm³/mol. The molecule has 24 heavy (non-hydrogen) atoms. The van der Waals surface area contributed by atoms with E-state index in [1.807, 2.05) is 55.6 Å². The van der Waals surface area contributed by atoms with Crippen molar-refractivity contribution in [2.45, 2.75) is 12.6 Å². The van der Waals surface area contributed by atoms with Gasteiger partial charge in [-0.3, -0.25) is 4.79 Å². The largest absolute Gasteiger partial charge is 0.333 e. The summed E-state index contributed by atoms with van der Waals surface area (Å²) in [6, 6.07) is 18.0. The monoisotopic (exact) mass is 383 g/mol. The highest BCUT2D eigenvalue weighted by Crippen LogP contribution is 2.29. The van der Waals surface area contributed by atoms with Gasteiger partial charge in [0.25, 0.3) is 0 Å². The highest BCUT2D eigenvalue weighted by Gasteiger charge is 2.23. The number of rotatable bonds is 5. The van der Waals surface area contributed by atoms with E-state index in [1.165, 1.54) is 0 Å². The Morgan fingerprint density at radius 2 is 1.92 bits per heavy atom. The summed E-state index contributed by atoms with van der Waals surface area (Å²) in [7, 11) is 1.85. The van der Waals surface area contributed by atoms with Crippen molar-refractivity contribution >= 4 is 21.8 Å². The molecule has 0 aliphatic carbocycles. The minimum absolute atomic E-state index is 0.0295. The lowest BCUT2D eigenvalue weighted by atomic mass is 9.97. The molecule has 3 rings (SSSR count). The normalized spacial score (nSPS) is 11.9. The molecule has 0 spiro atoms. The van der Waals surface area contributed by atoms with Crippen LogP contribution in [0.1, 0.15) is 17.2 Å². The Hall–Kier alpha value is -2.40. The van der Waals surface area contributed by atoms with Crippen LogP contribution in [0.3, 0.4) is 0 Å². The highest BCUT2D eigenvalue weighted by molar-refractivity contribution is 9.10. The Bertz CT molecular complexity index is 802. The van der Waals surface area contributed by atoms with Gasteiger partial charge >= 0.3 is 0 Å². The number of imidazole rings is 1. The smallest absolute Gasteiger partial charge is 0.243 e. The van der Waals surface area contributed by atoms with Gasteiger partial charge in [-0.1, -0.05) is 58.4 Å². The molecule has 1 unspecified atom stereocenters. The first-order valence-electron chi connectivity index (χ1n) is 7.67. The van der Waals surface area contributed by atoms with Gasteiger partial charge in [0.05, 0.1) is 12.4 Å². The summed E-state index contributed by atoms with van der Waals surface area (Å²) in [5.74, 6) is 0.0295. The zero-order valence-electron chi connectivity index (χ0n) is 13.3. The van der Waals surface area contributed by atoms with Crippen molar-refractivity contribution in [2.24, 2.45) is 0 Å². The van der Waals surface area contributed by atoms with Gasteiger partial charge in [-0.25, -0.2) is 4.98 Å². The van der Waals surface area contributed by atoms with Gasteiger partial charge in [0, 0.05) is 23.9 Å². The predicted octanol–water partition coefficient (Wildman–Crippen LogP) is 3.89. The standard InChI is InChI=1S/C19H18BrN3O/c1-22(18(24)13-23-11-10-21-14-23)19(15-6-3-2-4-7-15)16-8-5-9-17(20)12-16/h2-12,14,19H,13H2,1H3. The van der Waals surface area contributed by atoms with Crippen molar-refractivity contribution in [1.29, 1.82) is 0 Å². The fraction of sp³-hybridized carbons (Fsp3) is 0.158. The summed E-state index contributed by atoms with van der Waals surface area (Å²) in [6.07, 6.45) is 5.13. The number of amides is 1. The van der Waals surface area contributed by atoms with Crippen LogP contribution < -0.4 is 0 Å². The first kappa shape index (κ1) is 16.5. The summed E-state index contributed by atoms with van der Waals surface area (Å²) in [6.45, 7) is 0.272. The van der Waals surface area contributed by atoms with Crippen molar-refractivity contribution in [2.75, 3.05) is 7.05 Å². The van der Waals surface area contributed by atoms with E-state index in [0.29, 0.717) is 0 Å². The number of halogens is 1. The maximum Gasteiger partial charge on any atom is 0.243 e. The van der Waals surface area contributed by atoms with Crippen LogP contribution in [0.5, 0.6) is 0 Å². The van der Waals surface area contributed by atoms with Crippen LogP contribution in [0.25, 0.3) is 0 Å². The summed E-state index contributed by atoms with van der Waals surface area (Å²) >= 11 is 3.52. The van der Waals surface area contributed by atoms with Crippen molar-refractivity contribution in [3.63, 3.8) is 0 Å². The van der Waals surface area contributed by atoms with E-state index in [4.69, 9.17) is 0 Å². The number of aromatic nitrogens is 2. The van der Waals surface area contributed by atoms with E-state index < -0.39 is 0 Å². The van der Waals surface area contributed by atoms with Crippen LogP contribution in [0, 0.1) is 0 Å². The Kier molecular flexibility index (Phi) is 5.11. The Morgan fingerprint density at radius 1 is 1.17 bits per heavy atom. The maximum atomic E-state index is 12.7. The molecule has 0 N–H and O–H groups in total. The first-order chi connectivity index (χ1) is 11.6. The third-order valence-electron chi connectivity index (χ3n) is 3.94. The molecule has 3 aromatic rings. The van der Waals surface area contributed by atoms with Crippen molar-refractivity contribution < 1.29 is 4.79 Å². The van der Waals surface area contributed by atoms with Crippen molar-refractivity contribution in [1.82, 2.24) is 14.5 Å². The third-order valence-corrected chi connectivity index (χ3v) is 4.43. The summed E-state index contributed by atoms with van der Waals surface area (Å²) in [5, 5.41) is 0. The highest BCUT2D eigenvalue weighted by atomic mass is 79.9. The lowest BCUT2D eigenvalue weighted by molar-refractivity contribution is -0.132. The topological polar surface area (TPSA) is 38.1 Å². The minimum Gasteiger partial charge on any atom is -0.333 e. The number of carbonyl (C=O) groups is 1. The van der Waals surface area contributed by atoms with E-state index in [-0.39, 0.29) is 18.5 Å². The van der Waals surface area contributed by atoms with Gasteiger partial charge in [-0.05, 0) is 23.3 Å². The fourth-order valence-electron chi connectivity index (χ4n) is 2.74. The second-order valence-corrected chi connectivity index (χ2v) is 6.52. The number of carbonyl (C=O) groups excluding carboxylic acids is 1. The van der Waals surface area contributed by atoms with Gasteiger partial charge < -0.3 is 9.47 Å². The van der Waals surface area contributed by atoms with Crippen molar-refractivity contribution in [3.8, 4) is 0 Å². The SMILES string of the molecule is CN(C(=O)Cn1ccnc1)C(c1ccccc1)c1cccc(Br)c1. The van der Waals surface area contributed by atoms with Crippen LogP contribution in [-0.2, 0) is 11.3 Å². The van der Waals surface area contributed by atoms with E-state index in [1.54, 1.807) is 28.2 Å². The van der Waals surface area contributed by atoms with E-state index in [9.17, 15) is 4.79 Å². The van der Waals surface area contributed by atoms with Gasteiger partial charge in [0.1, 0.15) is 6.54 Å². The van der Waals surface area contributed by atoms with Crippen molar-refractivity contribution in [3.05, 3.63) is 88.9 Å². The summed E-state index contributed by atoms with van der Waals surface area (Å²) in [5.41, 5.74) is 2.15. The zero-order chi connectivity index (χ0) is 16.9. The Labute approximate surface area is 149 Å². The lowest BCUT2D eigenvalue weighted by Gasteiger charge is -2.29. The van der Waals surface area contributed by atoms with Gasteiger partial charge in [-0.2, -0.15) is 0 Å². The molecule has 0 radical (unpaired) electrons. The van der Waals surface area contributed by atoms with Crippen LogP contribution in [-0.4, -0.2) is 27.4 Å². The van der Waals surface area contributed by atoms with Crippen LogP contribution in [0.15, 0.2) is 77.8 Å².